The van der Waals surface area contributed by atoms with Gasteiger partial charge in [-0.3, -0.25) is 19.2 Å². The van der Waals surface area contributed by atoms with E-state index < -0.39 is 0 Å². The van der Waals surface area contributed by atoms with Gasteiger partial charge in [0.05, 0.1) is 0 Å². The van der Waals surface area contributed by atoms with Gasteiger partial charge in [-0.25, -0.2) is 39.9 Å². The molecule has 19 heteroatoms. The average Bonchev–Trinajstić information content (AvgIpc) is 3.96. The molecule has 8 aromatic rings. The Kier molecular flexibility index (Phi) is 16.4. The second kappa shape index (κ2) is 23.9. The first kappa shape index (κ1) is 48.6. The first-order valence-corrected chi connectivity index (χ1v) is 23.3. The van der Waals surface area contributed by atoms with Gasteiger partial charge in [-0.1, -0.05) is 22.0 Å². The molecule has 0 unspecified atom stereocenters. The number of ketones is 2. The van der Waals surface area contributed by atoms with Crippen LogP contribution in [0, 0.1) is 0 Å². The van der Waals surface area contributed by atoms with Gasteiger partial charge in [0.25, 0.3) is 11.8 Å². The SMILES string of the molecule is Nc1ccncn1.O=C1CCc2cc(Br)ccc21.O=C1CCc2cc(Nc3ccncn3)ccc21.O=C1NCCc2cc(Nc3ccncn3)ccc21.O=C1NCCc2cc(Nc3ccncn3)ccc21. The molecule has 0 saturated heterocycles. The zero-order valence-electron chi connectivity index (χ0n) is 38.2. The van der Waals surface area contributed by atoms with Gasteiger partial charge in [-0.15, -0.1) is 0 Å². The van der Waals surface area contributed by atoms with Crippen molar-refractivity contribution in [1.29, 1.82) is 0 Å². The molecule has 0 radical (unpaired) electrons. The molecule has 2 aliphatic carbocycles. The van der Waals surface area contributed by atoms with E-state index in [-0.39, 0.29) is 23.4 Å². The van der Waals surface area contributed by atoms with Crippen LogP contribution in [0.3, 0.4) is 0 Å². The minimum atomic E-state index is 0.00448. The summed E-state index contributed by atoms with van der Waals surface area (Å²) in [6, 6.07) is 30.1. The van der Waals surface area contributed by atoms with Gasteiger partial charge in [0.1, 0.15) is 48.6 Å². The lowest BCUT2D eigenvalue weighted by molar-refractivity contribution is 0.0937. The molecule has 4 aliphatic rings. The van der Waals surface area contributed by atoms with Crippen molar-refractivity contribution in [1.82, 2.24) is 50.5 Å². The molecule has 12 rings (SSSR count). The molecule has 4 aromatic heterocycles. The largest absolute Gasteiger partial charge is 0.384 e. The second-order valence-corrected chi connectivity index (χ2v) is 17.0. The number of anilines is 7. The average molecular weight is 1010 g/mol. The third-order valence-corrected chi connectivity index (χ3v) is 11.7. The molecule has 71 heavy (non-hydrogen) atoms. The van der Waals surface area contributed by atoms with Crippen LogP contribution in [-0.4, -0.2) is 76.3 Å². The number of benzene rings is 4. The van der Waals surface area contributed by atoms with Crippen LogP contribution in [0.5, 0.6) is 0 Å². The second-order valence-electron chi connectivity index (χ2n) is 16.1. The molecule has 0 atom stereocenters. The van der Waals surface area contributed by atoms with E-state index in [4.69, 9.17) is 5.73 Å². The number of carbonyl (C=O) groups excluding carboxylic acids is 4. The Labute approximate surface area is 417 Å². The fraction of sp³-hybridized carbons (Fsp3) is 0.154. The first-order chi connectivity index (χ1) is 34.6. The number of nitrogens with two attached hydrogens (primary N) is 1. The number of fused-ring (bicyclic) bond motifs is 4. The number of Topliss-reactive ketones (excluding diaryl/α,β-unsaturated/α-hetero) is 2. The smallest absolute Gasteiger partial charge is 0.251 e. The molecule has 7 N–H and O–H groups in total. The number of hydrogen-bond acceptors (Lipinski definition) is 16. The molecule has 0 bridgehead atoms. The molecule has 18 nitrogen and oxygen atoms in total. The highest BCUT2D eigenvalue weighted by Crippen LogP contribution is 2.27. The van der Waals surface area contributed by atoms with E-state index >= 15 is 0 Å². The summed E-state index contributed by atoms with van der Waals surface area (Å²) in [6.45, 7) is 1.39. The first-order valence-electron chi connectivity index (χ1n) is 22.6. The van der Waals surface area contributed by atoms with Gasteiger partial charge in [0, 0.05) is 94.5 Å². The molecule has 4 aromatic carbocycles. The quantitative estimate of drug-likeness (QED) is 0.0922. The van der Waals surface area contributed by atoms with Crippen molar-refractivity contribution in [2.75, 3.05) is 34.8 Å². The number of carbonyl (C=O) groups is 4. The summed E-state index contributed by atoms with van der Waals surface area (Å²) in [4.78, 5) is 77.0. The van der Waals surface area contributed by atoms with Crippen LogP contribution in [0.4, 0.5) is 40.3 Å². The Hall–Kier alpha value is -8.84. The maximum atomic E-state index is 11.6. The van der Waals surface area contributed by atoms with Crippen LogP contribution >= 0.6 is 15.9 Å². The van der Waals surface area contributed by atoms with Gasteiger partial charge in [0.15, 0.2) is 11.6 Å². The molecular weight excluding hydrogens is 965 g/mol. The lowest BCUT2D eigenvalue weighted by Gasteiger charge is -2.17. The van der Waals surface area contributed by atoms with Crippen LogP contribution in [0.2, 0.25) is 0 Å². The molecule has 0 spiro atoms. The molecule has 356 valence electrons. The summed E-state index contributed by atoms with van der Waals surface area (Å²) < 4.78 is 1.06. The van der Waals surface area contributed by atoms with Crippen molar-refractivity contribution in [2.24, 2.45) is 0 Å². The Bertz CT molecular complexity index is 3030. The summed E-state index contributed by atoms with van der Waals surface area (Å²) in [7, 11) is 0. The summed E-state index contributed by atoms with van der Waals surface area (Å²) in [5.74, 6) is 3.28. The fourth-order valence-corrected chi connectivity index (χ4v) is 8.22. The van der Waals surface area contributed by atoms with Gasteiger partial charge in [0.2, 0.25) is 0 Å². The Morgan fingerprint density at radius 3 is 1.18 bits per heavy atom. The predicted molar refractivity (Wildman–Crippen MR) is 273 cm³/mol. The van der Waals surface area contributed by atoms with Crippen molar-refractivity contribution in [3.63, 3.8) is 0 Å². The lowest BCUT2D eigenvalue weighted by atomic mass is 10.00. The molecule has 0 fully saturated rings. The molecular formula is C52H47BrN14O4. The number of nitrogens with one attached hydrogen (secondary N) is 5. The van der Waals surface area contributed by atoms with E-state index in [0.717, 1.165) is 104 Å². The van der Waals surface area contributed by atoms with E-state index in [9.17, 15) is 19.2 Å². The normalized spacial score (nSPS) is 13.4. The summed E-state index contributed by atoms with van der Waals surface area (Å²) in [5, 5.41) is 15.2. The number of rotatable bonds is 6. The molecule has 0 saturated carbocycles. The highest BCUT2D eigenvalue weighted by molar-refractivity contribution is 9.10. The molecule has 6 heterocycles. The number of nitrogen functional groups attached to an aromatic ring is 1. The van der Waals surface area contributed by atoms with Gasteiger partial charge in [-0.05, 0) is 139 Å². The van der Waals surface area contributed by atoms with Crippen molar-refractivity contribution in [2.45, 2.75) is 38.5 Å². The van der Waals surface area contributed by atoms with E-state index in [1.54, 1.807) is 49.1 Å². The Morgan fingerprint density at radius 1 is 0.423 bits per heavy atom. The predicted octanol–water partition coefficient (Wildman–Crippen LogP) is 8.00. The van der Waals surface area contributed by atoms with Crippen LogP contribution in [-0.2, 0) is 25.7 Å². The third kappa shape index (κ3) is 13.7. The Morgan fingerprint density at radius 2 is 0.803 bits per heavy atom. The summed E-state index contributed by atoms with van der Waals surface area (Å²) in [6.07, 6.45) is 17.3. The zero-order valence-corrected chi connectivity index (χ0v) is 39.8. The number of aromatic nitrogens is 8. The number of halogens is 1. The third-order valence-electron chi connectivity index (χ3n) is 11.2. The fourth-order valence-electron chi connectivity index (χ4n) is 7.81. The number of hydrogen-bond donors (Lipinski definition) is 6. The van der Waals surface area contributed by atoms with E-state index in [1.807, 2.05) is 72.8 Å². The Balaban J connectivity index is 0.000000123. The number of aryl methyl sites for hydroxylation is 2. The van der Waals surface area contributed by atoms with Gasteiger partial charge >= 0.3 is 0 Å². The number of amides is 2. The monoisotopic (exact) mass is 1010 g/mol. The summed E-state index contributed by atoms with van der Waals surface area (Å²) in [5.41, 5.74) is 15.8. The number of nitrogens with zero attached hydrogens (tertiary/aromatic N) is 8. The summed E-state index contributed by atoms with van der Waals surface area (Å²) >= 11 is 3.37. The molecule has 2 aliphatic heterocycles. The van der Waals surface area contributed by atoms with E-state index in [1.165, 1.54) is 30.9 Å². The van der Waals surface area contributed by atoms with E-state index in [0.29, 0.717) is 31.7 Å². The van der Waals surface area contributed by atoms with Crippen molar-refractivity contribution >= 4 is 79.6 Å². The highest BCUT2D eigenvalue weighted by atomic mass is 79.9. The maximum Gasteiger partial charge on any atom is 0.251 e. The molecule has 2 amide bonds. The van der Waals surface area contributed by atoms with Gasteiger partial charge < -0.3 is 32.3 Å². The minimum absolute atomic E-state index is 0.00448. The maximum absolute atomic E-state index is 11.6. The van der Waals surface area contributed by atoms with Gasteiger partial charge in [-0.2, -0.15) is 0 Å². The standard InChI is InChI=1S/2C13H12N4O.C13H11N3O.C9H7BrO.C4H5N3/c2*18-13-11-2-1-10(7-9(11)3-6-15-13)17-12-4-5-14-8-16-12;17-12-4-1-9-7-10(2-3-11(9)12)16-13-5-6-14-8-15-13;10-7-2-3-8-6(5-7)1-4-9(8)11;5-4-1-2-6-3-7-4/h2*1-2,4-5,7-8H,3,6H2,(H,15,18)(H,14,16,17);2-3,5-8H,1,4H2,(H,14,15,16);2-3,5H,1,4H2;1-3H,(H2,5,6,7). The van der Waals surface area contributed by atoms with Crippen LogP contribution in [0.15, 0.2) is 152 Å². The topological polar surface area (TPSA) is 258 Å². The van der Waals surface area contributed by atoms with Crippen LogP contribution in [0.1, 0.15) is 76.5 Å². The van der Waals surface area contributed by atoms with Crippen molar-refractivity contribution in [3.8, 4) is 0 Å². The van der Waals surface area contributed by atoms with Crippen molar-refractivity contribution in [3.05, 3.63) is 196 Å². The minimum Gasteiger partial charge on any atom is -0.384 e. The van der Waals surface area contributed by atoms with Crippen LogP contribution in [0.25, 0.3) is 0 Å². The van der Waals surface area contributed by atoms with E-state index in [2.05, 4.69) is 82.4 Å². The van der Waals surface area contributed by atoms with Crippen molar-refractivity contribution < 1.29 is 19.2 Å². The highest BCUT2D eigenvalue weighted by Gasteiger charge is 2.21. The van der Waals surface area contributed by atoms with Crippen LogP contribution < -0.4 is 32.3 Å². The zero-order chi connectivity index (χ0) is 49.4. The lowest BCUT2D eigenvalue weighted by Crippen LogP contribution is -2.31.